The number of rotatable bonds is 3. The molecule has 1 saturated carbocycles. The molecule has 100 valence electrons. The van der Waals surface area contributed by atoms with Gasteiger partial charge in [-0.05, 0) is 36.5 Å². The normalized spacial score (nSPS) is 24.2. The van der Waals surface area contributed by atoms with Crippen molar-refractivity contribution in [1.29, 1.82) is 0 Å². The quantitative estimate of drug-likeness (QED) is 0.831. The van der Waals surface area contributed by atoms with Gasteiger partial charge in [0.05, 0.1) is 0 Å². The van der Waals surface area contributed by atoms with E-state index in [1.165, 1.54) is 0 Å². The average molecular weight is 339 g/mol. The van der Waals surface area contributed by atoms with Crippen LogP contribution in [0.15, 0.2) is 22.7 Å². The minimum Gasteiger partial charge on any atom is -0.324 e. The van der Waals surface area contributed by atoms with E-state index in [-0.39, 0.29) is 24.8 Å². The highest BCUT2D eigenvalue weighted by molar-refractivity contribution is 9.10. The van der Waals surface area contributed by atoms with E-state index >= 15 is 0 Å². The largest absolute Gasteiger partial charge is 0.324 e. The van der Waals surface area contributed by atoms with Crippen LogP contribution in [0.4, 0.5) is 8.78 Å². The highest BCUT2D eigenvalue weighted by Crippen LogP contribution is 2.42. The molecule has 1 aromatic rings. The number of hydrogen-bond acceptors (Lipinski definition) is 1. The molecule has 2 atom stereocenters. The number of benzene rings is 1. The molecular formula is C13H15BrClF2N. The maximum atomic E-state index is 13.1. The van der Waals surface area contributed by atoms with Gasteiger partial charge in [-0.3, -0.25) is 0 Å². The van der Waals surface area contributed by atoms with Crippen LogP contribution in [0.2, 0.25) is 5.02 Å². The zero-order valence-electron chi connectivity index (χ0n) is 9.80. The van der Waals surface area contributed by atoms with Crippen LogP contribution in [0, 0.1) is 5.92 Å². The Morgan fingerprint density at radius 3 is 2.78 bits per heavy atom. The summed E-state index contributed by atoms with van der Waals surface area (Å²) in [7, 11) is 0. The first-order chi connectivity index (χ1) is 8.37. The van der Waals surface area contributed by atoms with Gasteiger partial charge in [-0.2, -0.15) is 0 Å². The van der Waals surface area contributed by atoms with Gasteiger partial charge in [-0.25, -0.2) is 8.78 Å². The molecular weight excluding hydrogens is 324 g/mol. The van der Waals surface area contributed by atoms with Crippen LogP contribution in [0.25, 0.3) is 0 Å². The molecule has 0 radical (unpaired) electrons. The van der Waals surface area contributed by atoms with Crippen LogP contribution in [0.5, 0.6) is 0 Å². The number of hydrogen-bond donors (Lipinski definition) is 1. The molecule has 0 spiro atoms. The van der Waals surface area contributed by atoms with Crippen molar-refractivity contribution < 1.29 is 8.78 Å². The maximum absolute atomic E-state index is 13.1. The van der Waals surface area contributed by atoms with Crippen LogP contribution in [0.1, 0.15) is 37.3 Å². The maximum Gasteiger partial charge on any atom is 0.248 e. The molecule has 2 rings (SSSR count). The molecule has 1 nitrogen and oxygen atoms in total. The first-order valence-corrected chi connectivity index (χ1v) is 7.13. The van der Waals surface area contributed by atoms with Crippen molar-refractivity contribution in [2.75, 3.05) is 0 Å². The molecule has 1 aliphatic rings. The Hall–Kier alpha value is -0.190. The topological polar surface area (TPSA) is 26.0 Å². The number of alkyl halides is 2. The molecule has 18 heavy (non-hydrogen) atoms. The standard InChI is InChI=1S/C13H15BrClF2N/c14-9-1-2-10(11(15)6-9)12(18)5-8-3-4-13(16,17)7-8/h1-2,6,8,12H,3-5,7,18H2. The van der Waals surface area contributed by atoms with Gasteiger partial charge in [-0.1, -0.05) is 33.6 Å². The molecule has 0 bridgehead atoms. The third-order valence-corrected chi connectivity index (χ3v) is 4.28. The van der Waals surface area contributed by atoms with Crippen LogP contribution >= 0.6 is 27.5 Å². The van der Waals surface area contributed by atoms with Gasteiger partial charge < -0.3 is 5.73 Å². The Bertz CT molecular complexity index is 439. The molecule has 2 unspecified atom stereocenters. The molecule has 0 aromatic heterocycles. The zero-order chi connectivity index (χ0) is 13.3. The Morgan fingerprint density at radius 2 is 2.22 bits per heavy atom. The Labute approximate surface area is 119 Å². The molecule has 0 heterocycles. The summed E-state index contributed by atoms with van der Waals surface area (Å²) in [6, 6.07) is 5.22. The molecule has 0 amide bonds. The van der Waals surface area contributed by atoms with Crippen molar-refractivity contribution in [2.24, 2.45) is 11.7 Å². The lowest BCUT2D eigenvalue weighted by Gasteiger charge is -2.18. The molecule has 1 aliphatic carbocycles. The molecule has 2 N–H and O–H groups in total. The van der Waals surface area contributed by atoms with E-state index in [0.29, 0.717) is 17.9 Å². The third kappa shape index (κ3) is 3.43. The SMILES string of the molecule is NC(CC1CCC(F)(F)C1)c1ccc(Br)cc1Cl. The van der Waals surface area contributed by atoms with Crippen molar-refractivity contribution in [1.82, 2.24) is 0 Å². The predicted molar refractivity (Wildman–Crippen MR) is 73.0 cm³/mol. The molecule has 0 saturated heterocycles. The van der Waals surface area contributed by atoms with Crippen LogP contribution in [0.3, 0.4) is 0 Å². The molecule has 0 aliphatic heterocycles. The van der Waals surface area contributed by atoms with E-state index in [1.807, 2.05) is 12.1 Å². The number of nitrogens with two attached hydrogens (primary N) is 1. The summed E-state index contributed by atoms with van der Waals surface area (Å²) >= 11 is 9.43. The first-order valence-electron chi connectivity index (χ1n) is 5.96. The van der Waals surface area contributed by atoms with Gasteiger partial charge in [0.25, 0.3) is 0 Å². The molecule has 1 aromatic carbocycles. The van der Waals surface area contributed by atoms with E-state index in [1.54, 1.807) is 6.07 Å². The average Bonchev–Trinajstić information content (AvgIpc) is 2.57. The minimum absolute atomic E-state index is 0.00489. The Balaban J connectivity index is 2.02. The first kappa shape index (κ1) is 14.2. The van der Waals surface area contributed by atoms with Gasteiger partial charge in [0.2, 0.25) is 5.92 Å². The van der Waals surface area contributed by atoms with E-state index in [0.717, 1.165) is 10.0 Å². The van der Waals surface area contributed by atoms with Crippen molar-refractivity contribution >= 4 is 27.5 Å². The Morgan fingerprint density at radius 1 is 1.50 bits per heavy atom. The van der Waals surface area contributed by atoms with Gasteiger partial charge in [0, 0.05) is 28.4 Å². The predicted octanol–water partition coefficient (Wildman–Crippen LogP) is 4.93. The summed E-state index contributed by atoms with van der Waals surface area (Å²) in [5.74, 6) is -2.51. The summed E-state index contributed by atoms with van der Waals surface area (Å²) < 4.78 is 27.1. The van der Waals surface area contributed by atoms with Crippen LogP contribution in [-0.2, 0) is 0 Å². The van der Waals surface area contributed by atoms with Crippen LogP contribution < -0.4 is 5.73 Å². The summed E-state index contributed by atoms with van der Waals surface area (Å²) in [4.78, 5) is 0. The number of halogens is 4. The summed E-state index contributed by atoms with van der Waals surface area (Å²) in [6.45, 7) is 0. The van der Waals surface area contributed by atoms with Gasteiger partial charge >= 0.3 is 0 Å². The third-order valence-electron chi connectivity index (χ3n) is 3.45. The summed E-state index contributed by atoms with van der Waals surface area (Å²) in [5.41, 5.74) is 6.90. The Kier molecular flexibility index (Phi) is 4.29. The molecule has 5 heteroatoms. The molecule has 1 fully saturated rings. The second-order valence-corrected chi connectivity index (χ2v) is 6.30. The zero-order valence-corrected chi connectivity index (χ0v) is 12.1. The highest BCUT2D eigenvalue weighted by Gasteiger charge is 2.39. The van der Waals surface area contributed by atoms with Crippen molar-refractivity contribution in [3.8, 4) is 0 Å². The van der Waals surface area contributed by atoms with Gasteiger partial charge in [0.1, 0.15) is 0 Å². The van der Waals surface area contributed by atoms with Gasteiger partial charge in [-0.15, -0.1) is 0 Å². The van der Waals surface area contributed by atoms with E-state index in [4.69, 9.17) is 17.3 Å². The lowest BCUT2D eigenvalue weighted by Crippen LogP contribution is -2.16. The van der Waals surface area contributed by atoms with E-state index in [2.05, 4.69) is 15.9 Å². The smallest absolute Gasteiger partial charge is 0.248 e. The van der Waals surface area contributed by atoms with Crippen LogP contribution in [-0.4, -0.2) is 5.92 Å². The summed E-state index contributed by atoms with van der Waals surface area (Å²) in [5, 5.41) is 0.585. The monoisotopic (exact) mass is 337 g/mol. The fraction of sp³-hybridized carbons (Fsp3) is 0.538. The van der Waals surface area contributed by atoms with Gasteiger partial charge in [0.15, 0.2) is 0 Å². The minimum atomic E-state index is -2.51. The second kappa shape index (κ2) is 5.43. The highest BCUT2D eigenvalue weighted by atomic mass is 79.9. The van der Waals surface area contributed by atoms with Crippen molar-refractivity contribution in [2.45, 2.75) is 37.6 Å². The van der Waals surface area contributed by atoms with E-state index < -0.39 is 5.92 Å². The lowest BCUT2D eigenvalue weighted by atomic mass is 9.94. The second-order valence-electron chi connectivity index (χ2n) is 4.97. The van der Waals surface area contributed by atoms with E-state index in [9.17, 15) is 8.78 Å². The fourth-order valence-corrected chi connectivity index (χ4v) is 3.34. The van der Waals surface area contributed by atoms with Crippen molar-refractivity contribution in [3.63, 3.8) is 0 Å². The van der Waals surface area contributed by atoms with Crippen molar-refractivity contribution in [3.05, 3.63) is 33.3 Å². The lowest BCUT2D eigenvalue weighted by molar-refractivity contribution is 0.00447. The summed E-state index contributed by atoms with van der Waals surface area (Å²) in [6.07, 6.45) is 1.05. The fourth-order valence-electron chi connectivity index (χ4n) is 2.53.